The molecule has 7 aromatic carbocycles. The second-order valence-corrected chi connectivity index (χ2v) is 13.5. The average Bonchev–Trinajstić information content (AvgIpc) is 3.51. The summed E-state index contributed by atoms with van der Waals surface area (Å²) >= 11 is 0. The highest BCUT2D eigenvalue weighted by Crippen LogP contribution is 2.56. The summed E-state index contributed by atoms with van der Waals surface area (Å²) in [5.41, 5.74) is 5.55. The van der Waals surface area contributed by atoms with Gasteiger partial charge in [0.1, 0.15) is 0 Å². The fourth-order valence-electron chi connectivity index (χ4n) is 7.05. The average molecular weight is 542 g/mol. The van der Waals surface area contributed by atoms with Crippen molar-refractivity contribution in [3.8, 4) is 16.8 Å². The van der Waals surface area contributed by atoms with Crippen LogP contribution in [0.4, 0.5) is 0 Å². The third-order valence-electron chi connectivity index (χ3n) is 8.77. The van der Waals surface area contributed by atoms with Crippen molar-refractivity contribution in [2.24, 2.45) is 0 Å². The predicted octanol–water partition coefficient (Wildman–Crippen LogP) is 8.71. The molecule has 9 rings (SSSR count). The van der Waals surface area contributed by atoms with Crippen LogP contribution in [-0.2, 0) is 4.57 Å². The van der Waals surface area contributed by atoms with E-state index in [4.69, 9.17) is 0 Å². The maximum Gasteiger partial charge on any atom is 0.172 e. The van der Waals surface area contributed by atoms with E-state index in [2.05, 4.69) is 120 Å². The van der Waals surface area contributed by atoms with Gasteiger partial charge in [-0.2, -0.15) is 0 Å². The van der Waals surface area contributed by atoms with Crippen molar-refractivity contribution < 1.29 is 4.57 Å². The Balaban J connectivity index is 1.53. The molecule has 1 atom stereocenters. The Hall–Kier alpha value is -4.91. The summed E-state index contributed by atoms with van der Waals surface area (Å²) in [4.78, 5) is 0. The smallest absolute Gasteiger partial charge is 0.172 e. The van der Waals surface area contributed by atoms with Gasteiger partial charge in [0.15, 0.2) is 7.14 Å². The van der Waals surface area contributed by atoms with Gasteiger partial charge in [0, 0.05) is 37.6 Å². The van der Waals surface area contributed by atoms with Crippen LogP contribution in [0.1, 0.15) is 0 Å². The van der Waals surface area contributed by atoms with Crippen molar-refractivity contribution in [1.29, 1.82) is 0 Å². The van der Waals surface area contributed by atoms with Gasteiger partial charge >= 0.3 is 0 Å². The van der Waals surface area contributed by atoms with Crippen molar-refractivity contribution in [3.05, 3.63) is 146 Å². The van der Waals surface area contributed by atoms with Crippen LogP contribution in [0.15, 0.2) is 146 Å². The van der Waals surface area contributed by atoms with Crippen LogP contribution in [0, 0.1) is 0 Å². The number of para-hydroxylation sites is 1. The van der Waals surface area contributed by atoms with Crippen molar-refractivity contribution >= 4 is 66.4 Å². The van der Waals surface area contributed by atoms with Crippen LogP contribution >= 0.6 is 7.14 Å². The molecule has 8 aromatic rings. The topological polar surface area (TPSA) is 22.0 Å². The van der Waals surface area contributed by atoms with Crippen LogP contribution in [0.2, 0.25) is 0 Å². The summed E-state index contributed by atoms with van der Waals surface area (Å²) in [7, 11) is -3.17. The van der Waals surface area contributed by atoms with E-state index >= 15 is 4.57 Å². The highest BCUT2D eigenvalue weighted by Gasteiger charge is 2.43. The molecule has 192 valence electrons. The fourth-order valence-corrected chi connectivity index (χ4v) is 10.3. The van der Waals surface area contributed by atoms with Crippen LogP contribution in [0.25, 0.3) is 60.2 Å². The van der Waals surface area contributed by atoms with E-state index in [-0.39, 0.29) is 0 Å². The van der Waals surface area contributed by atoms with Gasteiger partial charge < -0.3 is 9.13 Å². The third kappa shape index (κ3) is 2.95. The number of rotatable bonds is 2. The lowest BCUT2D eigenvalue weighted by molar-refractivity contribution is 0.593. The van der Waals surface area contributed by atoms with Gasteiger partial charge in [-0.15, -0.1) is 0 Å². The van der Waals surface area contributed by atoms with Crippen molar-refractivity contribution in [3.63, 3.8) is 0 Å². The van der Waals surface area contributed by atoms with Gasteiger partial charge in [0.25, 0.3) is 0 Å². The number of hydrogen-bond acceptors (Lipinski definition) is 1. The lowest BCUT2D eigenvalue weighted by atomic mass is 9.99. The molecule has 0 fully saturated rings. The standard InChI is InChI=1S/C38H24NOP/c40-41(27-14-2-1-3-15-27)35-24-23-31-30-18-8-9-19-34(30)39(33-20-10-13-25-11-4-6-16-28(25)33)37(31)36(35)32-22-21-26-12-5-7-17-29(26)38(32)41/h1-24H. The van der Waals surface area contributed by atoms with Crippen LogP contribution in [0.5, 0.6) is 0 Å². The summed E-state index contributed by atoms with van der Waals surface area (Å²) in [5.74, 6) is 0. The van der Waals surface area contributed by atoms with E-state index in [0.717, 1.165) is 54.5 Å². The second-order valence-electron chi connectivity index (χ2n) is 10.8. The fraction of sp³-hybridized carbons (Fsp3) is 0. The number of nitrogens with zero attached hydrogens (tertiary/aromatic N) is 1. The Bertz CT molecular complexity index is 2400. The molecule has 2 heterocycles. The molecule has 0 spiro atoms. The van der Waals surface area contributed by atoms with E-state index in [1.165, 1.54) is 21.5 Å². The van der Waals surface area contributed by atoms with Crippen LogP contribution in [0.3, 0.4) is 0 Å². The Morgan fingerprint density at radius 2 is 1.15 bits per heavy atom. The Kier molecular flexibility index (Phi) is 4.63. The Morgan fingerprint density at radius 1 is 0.488 bits per heavy atom. The molecule has 0 N–H and O–H groups in total. The van der Waals surface area contributed by atoms with Crippen molar-refractivity contribution in [2.45, 2.75) is 0 Å². The first-order valence-electron chi connectivity index (χ1n) is 14.0. The first-order chi connectivity index (χ1) is 20.2. The quantitative estimate of drug-likeness (QED) is 0.201. The molecular formula is C38H24NOP. The molecule has 0 radical (unpaired) electrons. The summed E-state index contributed by atoms with van der Waals surface area (Å²) in [5, 5.41) is 9.70. The lowest BCUT2D eigenvalue weighted by Crippen LogP contribution is -2.21. The summed E-state index contributed by atoms with van der Waals surface area (Å²) in [6.07, 6.45) is 0. The van der Waals surface area contributed by atoms with Gasteiger partial charge in [-0.3, -0.25) is 0 Å². The number of fused-ring (bicyclic) bond motifs is 10. The molecule has 3 heteroatoms. The molecule has 2 nitrogen and oxygen atoms in total. The lowest BCUT2D eigenvalue weighted by Gasteiger charge is -2.17. The van der Waals surface area contributed by atoms with E-state index in [9.17, 15) is 0 Å². The van der Waals surface area contributed by atoms with E-state index < -0.39 is 7.14 Å². The molecule has 41 heavy (non-hydrogen) atoms. The minimum absolute atomic E-state index is 0.878. The van der Waals surface area contributed by atoms with Gasteiger partial charge in [-0.25, -0.2) is 0 Å². The van der Waals surface area contributed by atoms with E-state index in [1.807, 2.05) is 30.3 Å². The summed E-state index contributed by atoms with van der Waals surface area (Å²) in [6, 6.07) is 50.9. The zero-order valence-corrected chi connectivity index (χ0v) is 23.1. The third-order valence-corrected chi connectivity index (χ3v) is 12.0. The SMILES string of the molecule is O=P1(c2ccccc2)c2ccc3c4ccccc4n(-c4cccc5ccccc45)c3c2-c2ccc3ccccc3c21. The molecule has 1 unspecified atom stereocenters. The summed E-state index contributed by atoms with van der Waals surface area (Å²) in [6.45, 7) is 0. The normalized spacial score (nSPS) is 16.0. The number of hydrogen-bond donors (Lipinski definition) is 0. The molecule has 0 aliphatic carbocycles. The van der Waals surface area contributed by atoms with Gasteiger partial charge in [-0.05, 0) is 39.9 Å². The highest BCUT2D eigenvalue weighted by molar-refractivity contribution is 7.86. The maximum atomic E-state index is 15.8. The zero-order valence-electron chi connectivity index (χ0n) is 22.2. The molecular weight excluding hydrogens is 517 g/mol. The molecule has 0 saturated carbocycles. The molecule has 0 saturated heterocycles. The molecule has 0 bridgehead atoms. The zero-order chi connectivity index (χ0) is 27.1. The largest absolute Gasteiger partial charge is 0.309 e. The Labute approximate surface area is 237 Å². The van der Waals surface area contributed by atoms with E-state index in [0.29, 0.717) is 0 Å². The molecule has 0 amide bonds. The first-order valence-corrected chi connectivity index (χ1v) is 15.7. The molecule has 1 aliphatic rings. The summed E-state index contributed by atoms with van der Waals surface area (Å²) < 4.78 is 18.2. The van der Waals surface area contributed by atoms with Crippen LogP contribution in [-0.4, -0.2) is 4.57 Å². The predicted molar refractivity (Wildman–Crippen MR) is 174 cm³/mol. The minimum atomic E-state index is -3.17. The monoisotopic (exact) mass is 541 g/mol. The van der Waals surface area contributed by atoms with Crippen molar-refractivity contribution in [2.75, 3.05) is 0 Å². The number of aromatic nitrogens is 1. The number of benzene rings is 7. The first kappa shape index (κ1) is 22.9. The van der Waals surface area contributed by atoms with Gasteiger partial charge in [0.2, 0.25) is 0 Å². The van der Waals surface area contributed by atoms with Gasteiger partial charge in [0.05, 0.1) is 16.7 Å². The van der Waals surface area contributed by atoms with Crippen molar-refractivity contribution in [1.82, 2.24) is 4.57 Å². The van der Waals surface area contributed by atoms with Crippen LogP contribution < -0.4 is 15.9 Å². The maximum absolute atomic E-state index is 15.8. The molecule has 1 aliphatic heterocycles. The Morgan fingerprint density at radius 3 is 1.98 bits per heavy atom. The second kappa shape index (κ2) is 8.30. The van der Waals surface area contributed by atoms with E-state index in [1.54, 1.807) is 0 Å². The minimum Gasteiger partial charge on any atom is -0.309 e. The molecule has 1 aromatic heterocycles. The highest BCUT2D eigenvalue weighted by atomic mass is 31.2. The van der Waals surface area contributed by atoms with Gasteiger partial charge in [-0.1, -0.05) is 127 Å².